The first-order chi connectivity index (χ1) is 62.4. The third-order valence-corrected chi connectivity index (χ3v) is 27.2. The minimum Gasteiger partial charge on any atom is -0.456 e. The van der Waals surface area contributed by atoms with Crippen molar-refractivity contribution < 1.29 is 4.42 Å². The van der Waals surface area contributed by atoms with Crippen molar-refractivity contribution in [3.8, 4) is 125 Å². The number of hydrogen-bond acceptors (Lipinski definition) is 14. The SMILES string of the molecule is c1ccc(-c2nc(-c3ccccc3)nc(-c3cc(-c4nc(-c5ccccc5)c5sc6ccccc6c5n4)ccc3-n3c4ccccc4c4cc5oc6ccccc6c5cc43)n2)cc1.c1ccc(-c2nc(-c3ccccc3)nc(-c3cc(-c4nc(-c5ccccc5)c5sc6ccccc6c5n4)ccc3-n3c4ccccc4c4cc5sc6ccccc6c5cc43)n2)cc1. The molecule has 0 aliphatic rings. The monoisotopic (exact) mass is 1660 g/mol. The summed E-state index contributed by atoms with van der Waals surface area (Å²) >= 11 is 5.31. The summed E-state index contributed by atoms with van der Waals surface area (Å²) in [5, 5.41) is 11.4. The van der Waals surface area contributed by atoms with Gasteiger partial charge in [0.15, 0.2) is 46.6 Å². The fraction of sp³-hybridized carbons (Fsp3) is 0. The molecule has 10 aromatic heterocycles. The van der Waals surface area contributed by atoms with Crippen LogP contribution < -0.4 is 0 Å². The normalized spacial score (nSPS) is 11.8. The zero-order valence-electron chi connectivity index (χ0n) is 66.9. The van der Waals surface area contributed by atoms with E-state index in [0.717, 1.165) is 164 Å². The highest BCUT2D eigenvalue weighted by atomic mass is 32.1. The molecule has 0 aliphatic carbocycles. The molecule has 588 valence electrons. The molecule has 13 nitrogen and oxygen atoms in total. The summed E-state index contributed by atoms with van der Waals surface area (Å²) in [7, 11) is 0. The van der Waals surface area contributed by atoms with Gasteiger partial charge in [0.1, 0.15) is 11.2 Å². The Labute approximate surface area is 731 Å². The topological polar surface area (TPSA) is 152 Å². The van der Waals surface area contributed by atoms with E-state index in [0.29, 0.717) is 46.6 Å². The predicted molar refractivity (Wildman–Crippen MR) is 520 cm³/mol. The van der Waals surface area contributed by atoms with Crippen LogP contribution in [0.1, 0.15) is 0 Å². The van der Waals surface area contributed by atoms with E-state index in [4.69, 9.17) is 54.3 Å². The average molecular weight is 1670 g/mol. The summed E-state index contributed by atoms with van der Waals surface area (Å²) in [5.41, 5.74) is 20.6. The van der Waals surface area contributed by atoms with Gasteiger partial charge in [-0.05, 0) is 97.1 Å². The Balaban J connectivity index is 0.000000137. The fourth-order valence-electron chi connectivity index (χ4n) is 17.9. The second-order valence-corrected chi connectivity index (χ2v) is 34.4. The van der Waals surface area contributed by atoms with Crippen LogP contribution in [0.15, 0.2) is 393 Å². The van der Waals surface area contributed by atoms with Crippen LogP contribution >= 0.6 is 34.0 Å². The molecule has 0 N–H and O–H groups in total. The molecule has 0 unspecified atom stereocenters. The van der Waals surface area contributed by atoms with Crippen LogP contribution in [0.3, 0.4) is 0 Å². The van der Waals surface area contributed by atoms with Gasteiger partial charge in [-0.3, -0.25) is 0 Å². The van der Waals surface area contributed by atoms with Gasteiger partial charge in [-0.2, -0.15) is 0 Å². The Hall–Kier alpha value is -16.2. The van der Waals surface area contributed by atoms with Crippen molar-refractivity contribution in [2.24, 2.45) is 0 Å². The van der Waals surface area contributed by atoms with E-state index in [9.17, 15) is 0 Å². The summed E-state index contributed by atoms with van der Waals surface area (Å²) in [6, 6.07) is 135. The van der Waals surface area contributed by atoms with Gasteiger partial charge in [0.05, 0.1) is 65.3 Å². The molecular weight excluding hydrogens is 1600 g/mol. The highest BCUT2D eigenvalue weighted by Gasteiger charge is 2.28. The Bertz CT molecular complexity index is 8230. The van der Waals surface area contributed by atoms with Crippen molar-refractivity contribution in [3.63, 3.8) is 0 Å². The van der Waals surface area contributed by atoms with Gasteiger partial charge in [-0.1, -0.05) is 291 Å². The standard InChI is InChI=1S/C55H32N6OS.C55H32N6S2/c1-4-16-33(17-5-1)49-51-50(39-24-12-15-27-48(39)63-51)57-54(56-49)36-28-29-44(42(30-36)55-59-52(34-18-6-2-7-19-34)58-53(60-55)35-20-8-3-9-21-35)61-43-25-13-10-22-37(43)40-32-47-41(31-45(40)61)38-23-11-14-26-46(38)62-47;1-4-16-33(17-5-1)49-51-50(39-24-12-15-27-47(39)63-51)57-54(56-49)36-28-29-44(42(30-36)55-59-52(34-18-6-2-7-19-34)58-53(60-55)35-20-8-3-9-21-35)61-43-25-13-10-22-37(43)40-32-48-41(31-45(40)61)38-23-11-14-26-46(38)62-48/h2*1-32H. The first-order valence-electron chi connectivity index (χ1n) is 41.7. The second kappa shape index (κ2) is 29.8. The minimum absolute atomic E-state index is 0.533. The molecule has 16 aromatic carbocycles. The van der Waals surface area contributed by atoms with Gasteiger partial charge in [0.25, 0.3) is 0 Å². The van der Waals surface area contributed by atoms with E-state index < -0.39 is 0 Å². The maximum atomic E-state index is 6.44. The number of rotatable bonds is 12. The number of para-hydroxylation sites is 3. The molecule has 16 heteroatoms. The lowest BCUT2D eigenvalue weighted by Crippen LogP contribution is -2.04. The van der Waals surface area contributed by atoms with E-state index >= 15 is 0 Å². The number of aromatic nitrogens is 12. The van der Waals surface area contributed by atoms with Gasteiger partial charge in [-0.15, -0.1) is 34.0 Å². The minimum atomic E-state index is 0.533. The molecule has 0 atom stereocenters. The van der Waals surface area contributed by atoms with E-state index in [-0.39, 0.29) is 0 Å². The largest absolute Gasteiger partial charge is 0.456 e. The van der Waals surface area contributed by atoms with Crippen molar-refractivity contribution in [3.05, 3.63) is 388 Å². The highest BCUT2D eigenvalue weighted by molar-refractivity contribution is 7.27. The number of nitrogens with zero attached hydrogens (tertiary/aromatic N) is 12. The number of fused-ring (bicyclic) bond motifs is 18. The zero-order chi connectivity index (χ0) is 82.9. The lowest BCUT2D eigenvalue weighted by molar-refractivity contribution is 0.669. The van der Waals surface area contributed by atoms with Crippen molar-refractivity contribution in [1.29, 1.82) is 0 Å². The first-order valence-corrected chi connectivity index (χ1v) is 44.1. The van der Waals surface area contributed by atoms with Crippen molar-refractivity contribution in [2.75, 3.05) is 0 Å². The Morgan fingerprint density at radius 2 is 0.532 bits per heavy atom. The lowest BCUT2D eigenvalue weighted by atomic mass is 10.0. The van der Waals surface area contributed by atoms with Crippen LogP contribution in [-0.4, -0.2) is 59.0 Å². The highest BCUT2D eigenvalue weighted by Crippen LogP contribution is 2.48. The first kappa shape index (κ1) is 72.6. The van der Waals surface area contributed by atoms with E-state index in [1.54, 1.807) is 22.7 Å². The molecule has 26 rings (SSSR count). The maximum Gasteiger partial charge on any atom is 0.166 e. The molecule has 0 amide bonds. The summed E-state index contributed by atoms with van der Waals surface area (Å²) in [5.74, 6) is 4.69. The molecular formula is C110H64N12OS3. The van der Waals surface area contributed by atoms with Gasteiger partial charge in [-0.25, -0.2) is 49.8 Å². The number of furan rings is 1. The predicted octanol–water partition coefficient (Wildman–Crippen LogP) is 29.2. The zero-order valence-corrected chi connectivity index (χ0v) is 69.4. The van der Waals surface area contributed by atoms with Crippen molar-refractivity contribution >= 4 is 160 Å². The molecule has 0 bridgehead atoms. The van der Waals surface area contributed by atoms with Crippen molar-refractivity contribution in [2.45, 2.75) is 0 Å². The van der Waals surface area contributed by atoms with Crippen LogP contribution in [0.5, 0.6) is 0 Å². The molecule has 0 spiro atoms. The van der Waals surface area contributed by atoms with Gasteiger partial charge < -0.3 is 13.6 Å². The average Bonchev–Trinajstić information content (AvgIpc) is 1.47. The lowest BCUT2D eigenvalue weighted by Gasteiger charge is -2.16. The van der Waals surface area contributed by atoms with Crippen LogP contribution in [0.4, 0.5) is 0 Å². The van der Waals surface area contributed by atoms with Crippen LogP contribution in [0, 0.1) is 0 Å². The third kappa shape index (κ3) is 12.3. The Morgan fingerprint density at radius 3 is 0.976 bits per heavy atom. The van der Waals surface area contributed by atoms with Crippen LogP contribution in [0.25, 0.3) is 251 Å². The molecule has 0 saturated carbocycles. The molecule has 0 fully saturated rings. The summed E-state index contributed by atoms with van der Waals surface area (Å²) in [6.07, 6.45) is 0. The van der Waals surface area contributed by atoms with Crippen LogP contribution in [0.2, 0.25) is 0 Å². The number of thiophene rings is 3. The fourth-order valence-corrected chi connectivity index (χ4v) is 21.3. The smallest absolute Gasteiger partial charge is 0.166 e. The quantitative estimate of drug-likeness (QED) is 0.115. The molecule has 0 aliphatic heterocycles. The van der Waals surface area contributed by atoms with E-state index in [2.05, 4.69) is 252 Å². The number of hydrogen-bond donors (Lipinski definition) is 0. The van der Waals surface area contributed by atoms with Gasteiger partial charge in [0.2, 0.25) is 0 Å². The number of benzene rings is 16. The molecule has 0 radical (unpaired) electrons. The summed E-state index contributed by atoms with van der Waals surface area (Å²) < 4.78 is 18.2. The molecule has 26 aromatic rings. The maximum absolute atomic E-state index is 6.44. The molecule has 126 heavy (non-hydrogen) atoms. The van der Waals surface area contributed by atoms with Crippen molar-refractivity contribution in [1.82, 2.24) is 59.0 Å². The van der Waals surface area contributed by atoms with E-state index in [1.807, 2.05) is 157 Å². The molecule has 10 heterocycles. The summed E-state index contributed by atoms with van der Waals surface area (Å²) in [6.45, 7) is 0. The second-order valence-electron chi connectivity index (χ2n) is 31.2. The van der Waals surface area contributed by atoms with Crippen LogP contribution in [-0.2, 0) is 0 Å². The molecule has 0 saturated heterocycles. The van der Waals surface area contributed by atoms with Gasteiger partial charge in [0, 0.05) is 128 Å². The Kier molecular flexibility index (Phi) is 17.2. The summed E-state index contributed by atoms with van der Waals surface area (Å²) in [4.78, 5) is 52.9. The Morgan fingerprint density at radius 1 is 0.190 bits per heavy atom. The van der Waals surface area contributed by atoms with Gasteiger partial charge >= 0.3 is 0 Å². The van der Waals surface area contributed by atoms with E-state index in [1.165, 1.54) is 40.3 Å². The third-order valence-electron chi connectivity index (χ3n) is 23.7.